The fraction of sp³-hybridized carbons (Fsp3) is 0.630. The van der Waals surface area contributed by atoms with Gasteiger partial charge in [-0.15, -0.1) is 0 Å². The third kappa shape index (κ3) is 3.93. The van der Waals surface area contributed by atoms with E-state index in [0.717, 1.165) is 36.6 Å². The highest BCUT2D eigenvalue weighted by molar-refractivity contribution is 6.05. The molecule has 0 saturated heterocycles. The zero-order valence-corrected chi connectivity index (χ0v) is 21.4. The van der Waals surface area contributed by atoms with Crippen molar-refractivity contribution in [1.82, 2.24) is 14.8 Å². The number of rotatable bonds is 7. The number of hydrogen-bond acceptors (Lipinski definition) is 4. The Morgan fingerprint density at radius 1 is 1.18 bits per heavy atom. The standard InChI is InChI=1S/C27H39N3O4/c1-7-8-14-30-25(31)21-15-19-22(33-5)12-13-23(34-6)24(19)29(21)16-27(30,4)26(32)28-20-11-9-10-17(2)18(20)3/h12-13,15,17-18,20H,7-11,14,16H2,1-6H3,(H,28,32)/t17-,18+,20-,27-/m1/s1. The van der Waals surface area contributed by atoms with Gasteiger partial charge in [-0.1, -0.05) is 40.0 Å². The van der Waals surface area contributed by atoms with E-state index >= 15 is 0 Å². The summed E-state index contributed by atoms with van der Waals surface area (Å²) in [4.78, 5) is 29.6. The van der Waals surface area contributed by atoms with Gasteiger partial charge in [0.15, 0.2) is 0 Å². The molecule has 0 radical (unpaired) electrons. The van der Waals surface area contributed by atoms with Crippen molar-refractivity contribution in [2.75, 3.05) is 20.8 Å². The van der Waals surface area contributed by atoms with Gasteiger partial charge in [-0.25, -0.2) is 0 Å². The van der Waals surface area contributed by atoms with Crippen LogP contribution in [0.2, 0.25) is 0 Å². The molecule has 1 aromatic heterocycles. The molecule has 186 valence electrons. The molecule has 7 heteroatoms. The predicted octanol–water partition coefficient (Wildman–Crippen LogP) is 4.61. The van der Waals surface area contributed by atoms with E-state index in [1.54, 1.807) is 19.1 Å². The fourth-order valence-electron chi connectivity index (χ4n) is 5.73. The van der Waals surface area contributed by atoms with E-state index in [0.29, 0.717) is 42.1 Å². The summed E-state index contributed by atoms with van der Waals surface area (Å²) in [6.45, 7) is 9.42. The van der Waals surface area contributed by atoms with Crippen molar-refractivity contribution in [3.63, 3.8) is 0 Å². The Morgan fingerprint density at radius 2 is 1.88 bits per heavy atom. The van der Waals surface area contributed by atoms with Crippen LogP contribution in [0.25, 0.3) is 10.9 Å². The van der Waals surface area contributed by atoms with E-state index in [1.165, 1.54) is 6.42 Å². The number of carbonyl (C=O) groups is 2. The normalized spacial score (nSPS) is 26.9. The lowest BCUT2D eigenvalue weighted by atomic mass is 9.77. The van der Waals surface area contributed by atoms with Gasteiger partial charge in [0.2, 0.25) is 5.91 Å². The van der Waals surface area contributed by atoms with E-state index in [-0.39, 0.29) is 17.9 Å². The Balaban J connectivity index is 1.78. The summed E-state index contributed by atoms with van der Waals surface area (Å²) in [7, 11) is 3.24. The minimum Gasteiger partial charge on any atom is -0.496 e. The summed E-state index contributed by atoms with van der Waals surface area (Å²) in [6.07, 6.45) is 5.10. The van der Waals surface area contributed by atoms with Crippen LogP contribution in [0.15, 0.2) is 18.2 Å². The molecule has 4 atom stereocenters. The van der Waals surface area contributed by atoms with Gasteiger partial charge in [0.25, 0.3) is 5.91 Å². The molecule has 1 aliphatic heterocycles. The van der Waals surface area contributed by atoms with Gasteiger partial charge in [-0.3, -0.25) is 9.59 Å². The average Bonchev–Trinajstić information content (AvgIpc) is 3.20. The quantitative estimate of drug-likeness (QED) is 0.643. The molecule has 4 rings (SSSR count). The van der Waals surface area contributed by atoms with Crippen LogP contribution in [0.4, 0.5) is 0 Å². The summed E-state index contributed by atoms with van der Waals surface area (Å²) in [5, 5.41) is 4.18. The van der Waals surface area contributed by atoms with E-state index < -0.39 is 5.54 Å². The molecule has 7 nitrogen and oxygen atoms in total. The Labute approximate surface area is 202 Å². The maximum Gasteiger partial charge on any atom is 0.271 e. The van der Waals surface area contributed by atoms with E-state index in [9.17, 15) is 9.59 Å². The van der Waals surface area contributed by atoms with Crippen LogP contribution in [-0.4, -0.2) is 53.6 Å². The van der Waals surface area contributed by atoms with Gasteiger partial charge in [0, 0.05) is 18.0 Å². The largest absolute Gasteiger partial charge is 0.496 e. The maximum absolute atomic E-state index is 13.9. The van der Waals surface area contributed by atoms with Crippen molar-refractivity contribution in [3.8, 4) is 11.5 Å². The molecule has 0 spiro atoms. The Bertz CT molecular complexity index is 1080. The molecular weight excluding hydrogens is 430 g/mol. The molecule has 1 aliphatic carbocycles. The van der Waals surface area contributed by atoms with Crippen LogP contribution in [-0.2, 0) is 11.3 Å². The number of methoxy groups -OCH3 is 2. The van der Waals surface area contributed by atoms with Gasteiger partial charge in [-0.05, 0) is 49.8 Å². The first-order valence-corrected chi connectivity index (χ1v) is 12.6. The number of unbranched alkanes of at least 4 members (excludes halogenated alkanes) is 1. The Morgan fingerprint density at radius 3 is 2.56 bits per heavy atom. The summed E-state index contributed by atoms with van der Waals surface area (Å²) in [5.41, 5.74) is 0.359. The van der Waals surface area contributed by atoms with Crippen LogP contribution in [0.3, 0.4) is 0 Å². The molecule has 2 aromatic rings. The first kappa shape index (κ1) is 24.4. The second kappa shape index (κ2) is 9.51. The van der Waals surface area contributed by atoms with Crippen molar-refractivity contribution in [3.05, 3.63) is 23.9 Å². The lowest BCUT2D eigenvalue weighted by Gasteiger charge is -2.45. The molecule has 2 aliphatic rings. The van der Waals surface area contributed by atoms with Gasteiger partial charge < -0.3 is 24.3 Å². The van der Waals surface area contributed by atoms with Crippen molar-refractivity contribution in [1.29, 1.82) is 0 Å². The Hall–Kier alpha value is -2.70. The van der Waals surface area contributed by atoms with Crippen molar-refractivity contribution in [2.24, 2.45) is 11.8 Å². The second-order valence-corrected chi connectivity index (χ2v) is 10.3. The third-order valence-corrected chi connectivity index (χ3v) is 8.20. The van der Waals surface area contributed by atoms with Crippen LogP contribution in [0.1, 0.15) is 70.3 Å². The molecule has 1 N–H and O–H groups in total. The highest BCUT2D eigenvalue weighted by Gasteiger charge is 2.48. The lowest BCUT2D eigenvalue weighted by Crippen LogP contribution is -2.65. The highest BCUT2D eigenvalue weighted by atomic mass is 16.5. The number of aromatic nitrogens is 1. The van der Waals surface area contributed by atoms with Gasteiger partial charge in [-0.2, -0.15) is 0 Å². The minimum absolute atomic E-state index is 0.0720. The molecular formula is C27H39N3O4. The van der Waals surface area contributed by atoms with Crippen LogP contribution in [0.5, 0.6) is 11.5 Å². The fourth-order valence-corrected chi connectivity index (χ4v) is 5.73. The van der Waals surface area contributed by atoms with Gasteiger partial charge >= 0.3 is 0 Å². The van der Waals surface area contributed by atoms with Gasteiger partial charge in [0.1, 0.15) is 22.7 Å². The highest BCUT2D eigenvalue weighted by Crippen LogP contribution is 2.40. The Kier molecular flexibility index (Phi) is 6.83. The summed E-state index contributed by atoms with van der Waals surface area (Å²) >= 11 is 0. The monoisotopic (exact) mass is 469 g/mol. The van der Waals surface area contributed by atoms with Gasteiger partial charge in [0.05, 0.1) is 26.3 Å². The van der Waals surface area contributed by atoms with E-state index in [1.807, 2.05) is 29.7 Å². The topological polar surface area (TPSA) is 72.8 Å². The van der Waals surface area contributed by atoms with E-state index in [2.05, 4.69) is 26.1 Å². The number of nitrogens with one attached hydrogen (secondary N) is 1. The second-order valence-electron chi connectivity index (χ2n) is 10.3. The molecule has 0 unspecified atom stereocenters. The molecule has 2 amide bonds. The zero-order chi connectivity index (χ0) is 24.6. The molecule has 34 heavy (non-hydrogen) atoms. The smallest absolute Gasteiger partial charge is 0.271 e. The molecule has 1 fully saturated rings. The summed E-state index contributed by atoms with van der Waals surface area (Å²) in [5.74, 6) is 2.14. The zero-order valence-electron chi connectivity index (χ0n) is 21.4. The van der Waals surface area contributed by atoms with E-state index in [4.69, 9.17) is 9.47 Å². The van der Waals surface area contributed by atoms with Crippen LogP contribution in [0, 0.1) is 11.8 Å². The summed E-state index contributed by atoms with van der Waals surface area (Å²) in [6, 6.07) is 5.71. The van der Waals surface area contributed by atoms with Crippen LogP contribution < -0.4 is 14.8 Å². The van der Waals surface area contributed by atoms with Crippen LogP contribution >= 0.6 is 0 Å². The maximum atomic E-state index is 13.9. The number of fused-ring (bicyclic) bond motifs is 3. The molecule has 2 heterocycles. The lowest BCUT2D eigenvalue weighted by molar-refractivity contribution is -0.134. The average molecular weight is 470 g/mol. The number of carbonyl (C=O) groups excluding carboxylic acids is 2. The molecule has 0 bridgehead atoms. The third-order valence-electron chi connectivity index (χ3n) is 8.20. The van der Waals surface area contributed by atoms with Crippen molar-refractivity contribution in [2.45, 2.75) is 77.9 Å². The number of ether oxygens (including phenoxy) is 2. The predicted molar refractivity (Wildman–Crippen MR) is 134 cm³/mol. The number of benzene rings is 1. The minimum atomic E-state index is -1.00. The van der Waals surface area contributed by atoms with Crippen molar-refractivity contribution >= 4 is 22.7 Å². The number of amides is 2. The first-order valence-electron chi connectivity index (χ1n) is 12.6. The number of nitrogens with zero attached hydrogens (tertiary/aromatic N) is 2. The SMILES string of the molecule is CCCCN1C(=O)c2cc3c(OC)ccc(OC)c3n2C[C@]1(C)C(=O)N[C@@H]1CCC[C@@H](C)[C@@H]1C. The molecule has 1 saturated carbocycles. The number of hydrogen-bond donors (Lipinski definition) is 1. The van der Waals surface area contributed by atoms with Crippen molar-refractivity contribution < 1.29 is 19.1 Å². The first-order chi connectivity index (χ1) is 16.3. The summed E-state index contributed by atoms with van der Waals surface area (Å²) < 4.78 is 13.2. The molecule has 1 aromatic carbocycles.